The summed E-state index contributed by atoms with van der Waals surface area (Å²) < 4.78 is 21.9. The fraction of sp³-hybridized carbons (Fsp3) is 0.455. The number of ether oxygens (including phenoxy) is 4. The van der Waals surface area contributed by atoms with Gasteiger partial charge in [-0.05, 0) is 23.3 Å². The van der Waals surface area contributed by atoms with Gasteiger partial charge in [-0.15, -0.1) is 0 Å². The lowest BCUT2D eigenvalue weighted by molar-refractivity contribution is -0.171. The lowest BCUT2D eigenvalue weighted by atomic mass is 10.0. The Morgan fingerprint density at radius 1 is 0.853 bits per heavy atom. The lowest BCUT2D eigenvalue weighted by Gasteiger charge is -2.58. The van der Waals surface area contributed by atoms with Crippen molar-refractivity contribution in [1.82, 2.24) is 9.80 Å². The quantitative estimate of drug-likeness (QED) is 0.407. The van der Waals surface area contributed by atoms with E-state index in [1.54, 1.807) is 22.0 Å². The van der Waals surface area contributed by atoms with Gasteiger partial charge in [-0.1, -0.05) is 21.6 Å². The van der Waals surface area contributed by atoms with Crippen molar-refractivity contribution < 1.29 is 38.1 Å². The van der Waals surface area contributed by atoms with Crippen molar-refractivity contribution in [3.05, 3.63) is 48.3 Å². The zero-order chi connectivity index (χ0) is 23.8. The molecule has 7 aliphatic rings. The Morgan fingerprint density at radius 2 is 1.26 bits per heavy atom. The minimum atomic E-state index is -1.24. The highest BCUT2D eigenvalue weighted by Crippen LogP contribution is 2.69. The Bertz CT molecular complexity index is 1060. The minimum absolute atomic E-state index is 0.224. The van der Waals surface area contributed by atoms with Gasteiger partial charge in [-0.3, -0.25) is 19.2 Å². The van der Waals surface area contributed by atoms with Gasteiger partial charge in [0, 0.05) is 26.7 Å². The van der Waals surface area contributed by atoms with Crippen molar-refractivity contribution in [1.29, 1.82) is 0 Å². The van der Waals surface area contributed by atoms with Gasteiger partial charge in [-0.2, -0.15) is 0 Å². The van der Waals surface area contributed by atoms with E-state index in [0.717, 1.165) is 0 Å². The van der Waals surface area contributed by atoms with Gasteiger partial charge < -0.3 is 28.7 Å². The van der Waals surface area contributed by atoms with E-state index in [1.165, 1.54) is 60.5 Å². The molecule has 7 aliphatic heterocycles. The van der Waals surface area contributed by atoms with Gasteiger partial charge in [0.05, 0.1) is 37.1 Å². The normalized spacial score (nSPS) is 38.9. The number of hydrogen-bond acceptors (Lipinski definition) is 10. The van der Waals surface area contributed by atoms with Crippen molar-refractivity contribution in [3.8, 4) is 0 Å². The smallest absolute Gasteiger partial charge is 0.303 e. The molecule has 2 bridgehead atoms. The second-order valence-corrected chi connectivity index (χ2v) is 11.5. The Balaban J connectivity index is 1.46. The second kappa shape index (κ2) is 7.32. The first-order valence-electron chi connectivity index (χ1n) is 10.7. The maximum absolute atomic E-state index is 14.2. The van der Waals surface area contributed by atoms with Gasteiger partial charge in [0.2, 0.25) is 0 Å². The summed E-state index contributed by atoms with van der Waals surface area (Å²) in [5.74, 6) is -1.51. The minimum Gasteiger partial charge on any atom is -0.473 e. The first-order chi connectivity index (χ1) is 16.3. The molecule has 6 atom stereocenters. The number of rotatable bonds is 2. The first-order valence-corrected chi connectivity index (χ1v) is 12.8. The SMILES string of the molecule is CC(=O)O[C@H]1C=COC=C2C[C@]34SS[C@@]5(CC6=COC=C[C@@H](OC(C)=O)[C@H]6N5C3=O)C(=O)N4[C@H]21. The van der Waals surface area contributed by atoms with Crippen LogP contribution in [0.25, 0.3) is 0 Å². The third kappa shape index (κ3) is 2.72. The molecule has 0 aromatic carbocycles. The fourth-order valence-electron chi connectivity index (χ4n) is 5.62. The van der Waals surface area contributed by atoms with Crippen LogP contribution >= 0.6 is 21.6 Å². The zero-order valence-corrected chi connectivity index (χ0v) is 19.8. The molecule has 12 heteroatoms. The maximum atomic E-state index is 14.2. The van der Waals surface area contributed by atoms with E-state index in [2.05, 4.69) is 0 Å². The maximum Gasteiger partial charge on any atom is 0.303 e. The molecule has 2 spiro atoms. The molecule has 34 heavy (non-hydrogen) atoms. The Morgan fingerprint density at radius 3 is 1.65 bits per heavy atom. The van der Waals surface area contributed by atoms with E-state index in [-0.39, 0.29) is 24.7 Å². The van der Waals surface area contributed by atoms with Gasteiger partial charge in [0.25, 0.3) is 11.8 Å². The standard InChI is InChI=1S/C22H20N2O8S2/c1-11(25)31-15-3-5-29-9-13-7-21-20(28)24-18-14(10-30-6-4-16(18)32-12(2)26)8-22(24,34-33-21)19(27)23(21)17(13)15/h3-6,9-10,15-18H,7-8H2,1-2H3/t15-,16+,17+,18-,21-,22-/m0/s1. The second-order valence-electron chi connectivity index (χ2n) is 8.79. The van der Waals surface area contributed by atoms with Crippen molar-refractivity contribution in [3.63, 3.8) is 0 Å². The third-order valence-corrected chi connectivity index (χ3v) is 10.3. The number of esters is 2. The summed E-state index contributed by atoms with van der Waals surface area (Å²) >= 11 is 0. The van der Waals surface area contributed by atoms with Crippen LogP contribution in [0, 0.1) is 0 Å². The predicted molar refractivity (Wildman–Crippen MR) is 119 cm³/mol. The van der Waals surface area contributed by atoms with E-state index >= 15 is 0 Å². The molecular formula is C22H20N2O8S2. The van der Waals surface area contributed by atoms with Crippen molar-refractivity contribution in [2.24, 2.45) is 0 Å². The molecule has 7 rings (SSSR count). The molecule has 178 valence electrons. The van der Waals surface area contributed by atoms with Crippen LogP contribution in [0.3, 0.4) is 0 Å². The summed E-state index contributed by atoms with van der Waals surface area (Å²) in [4.78, 5) is 52.8. The van der Waals surface area contributed by atoms with Crippen LogP contribution in [0.5, 0.6) is 0 Å². The molecule has 10 nitrogen and oxygen atoms in total. The first kappa shape index (κ1) is 21.7. The number of piperazine rings is 1. The van der Waals surface area contributed by atoms with Crippen LogP contribution in [0.4, 0.5) is 0 Å². The van der Waals surface area contributed by atoms with E-state index in [1.807, 2.05) is 0 Å². The topological polar surface area (TPSA) is 112 Å². The van der Waals surface area contributed by atoms with Crippen LogP contribution in [-0.4, -0.2) is 67.6 Å². The van der Waals surface area contributed by atoms with E-state index < -0.39 is 46.0 Å². The predicted octanol–water partition coefficient (Wildman–Crippen LogP) is 1.71. The van der Waals surface area contributed by atoms with E-state index in [0.29, 0.717) is 11.1 Å². The van der Waals surface area contributed by atoms with Crippen molar-refractivity contribution >= 4 is 45.3 Å². The molecule has 0 aliphatic carbocycles. The molecule has 0 saturated carbocycles. The molecule has 0 radical (unpaired) electrons. The van der Waals surface area contributed by atoms with Crippen LogP contribution in [0.15, 0.2) is 48.3 Å². The molecule has 2 amide bonds. The van der Waals surface area contributed by atoms with E-state index in [4.69, 9.17) is 18.9 Å². The van der Waals surface area contributed by atoms with Crippen LogP contribution < -0.4 is 0 Å². The average molecular weight is 505 g/mol. The molecule has 0 N–H and O–H groups in total. The average Bonchev–Trinajstić information content (AvgIpc) is 3.14. The summed E-state index contributed by atoms with van der Waals surface area (Å²) in [6.07, 6.45) is 7.91. The summed E-state index contributed by atoms with van der Waals surface area (Å²) in [5.41, 5.74) is 1.39. The highest BCUT2D eigenvalue weighted by Gasteiger charge is 2.77. The zero-order valence-electron chi connectivity index (χ0n) is 18.2. The Labute approximate surface area is 202 Å². The van der Waals surface area contributed by atoms with Crippen molar-refractivity contribution in [2.45, 2.75) is 60.7 Å². The summed E-state index contributed by atoms with van der Waals surface area (Å²) in [6, 6.07) is -1.32. The van der Waals surface area contributed by atoms with Crippen LogP contribution in [0.2, 0.25) is 0 Å². The molecule has 5 fully saturated rings. The molecule has 7 heterocycles. The summed E-state index contributed by atoms with van der Waals surface area (Å²) in [7, 11) is 2.69. The number of fused-ring (bicyclic) bond motifs is 3. The number of hydrogen-bond donors (Lipinski definition) is 0. The summed E-state index contributed by atoms with van der Waals surface area (Å²) in [6.45, 7) is 2.60. The molecule has 0 unspecified atom stereocenters. The lowest BCUT2D eigenvalue weighted by Crippen LogP contribution is -2.77. The number of amides is 2. The van der Waals surface area contributed by atoms with Crippen molar-refractivity contribution in [2.75, 3.05) is 0 Å². The largest absolute Gasteiger partial charge is 0.473 e. The monoisotopic (exact) mass is 504 g/mol. The number of nitrogens with zero attached hydrogens (tertiary/aromatic N) is 2. The van der Waals surface area contributed by atoms with Gasteiger partial charge in [-0.25, -0.2) is 0 Å². The number of carbonyl (C=O) groups is 4. The van der Waals surface area contributed by atoms with E-state index in [9.17, 15) is 19.2 Å². The van der Waals surface area contributed by atoms with Gasteiger partial charge in [0.15, 0.2) is 9.74 Å². The van der Waals surface area contributed by atoms with Gasteiger partial charge in [0.1, 0.15) is 12.2 Å². The fourth-order valence-corrected chi connectivity index (χ4v) is 9.33. The molecular weight excluding hydrogens is 484 g/mol. The third-order valence-electron chi connectivity index (χ3n) is 6.76. The Hall–Kier alpha value is -2.86. The summed E-state index contributed by atoms with van der Waals surface area (Å²) in [5, 5.41) is 0. The highest BCUT2D eigenvalue weighted by atomic mass is 33.1. The van der Waals surface area contributed by atoms with Gasteiger partial charge >= 0.3 is 11.9 Å². The van der Waals surface area contributed by atoms with Crippen LogP contribution in [0.1, 0.15) is 26.7 Å². The highest BCUT2D eigenvalue weighted by molar-refractivity contribution is 8.78. The number of carbonyl (C=O) groups excluding carboxylic acids is 4. The molecule has 5 saturated heterocycles. The Kier molecular flexibility index (Phi) is 4.66. The molecule has 0 aromatic heterocycles. The van der Waals surface area contributed by atoms with Crippen LogP contribution in [-0.2, 0) is 38.1 Å². The molecule has 0 aromatic rings.